The molecule has 0 spiro atoms. The predicted molar refractivity (Wildman–Crippen MR) is 90.0 cm³/mol. The van der Waals surface area contributed by atoms with Crippen molar-refractivity contribution in [3.05, 3.63) is 65.0 Å². The van der Waals surface area contributed by atoms with E-state index >= 15 is 0 Å². The Hall–Kier alpha value is -2.01. The Bertz CT molecular complexity index is 701. The van der Waals surface area contributed by atoms with Crippen molar-refractivity contribution in [3.63, 3.8) is 0 Å². The Kier molecular flexibility index (Phi) is 4.63. The first-order valence-corrected chi connectivity index (χ1v) is 7.89. The second kappa shape index (κ2) is 6.84. The van der Waals surface area contributed by atoms with Crippen LogP contribution in [-0.4, -0.2) is 7.85 Å². The van der Waals surface area contributed by atoms with E-state index in [4.69, 9.17) is 7.85 Å². The third-order valence-corrected chi connectivity index (χ3v) is 4.34. The highest BCUT2D eigenvalue weighted by Gasteiger charge is 2.14. The average Bonchev–Trinajstić information content (AvgIpc) is 2.57. The fourth-order valence-corrected chi connectivity index (χ4v) is 3.02. The van der Waals surface area contributed by atoms with Gasteiger partial charge in [0.25, 0.3) is 0 Å². The Morgan fingerprint density at radius 3 is 2.18 bits per heavy atom. The summed E-state index contributed by atoms with van der Waals surface area (Å²) in [5, 5.41) is 0. The summed E-state index contributed by atoms with van der Waals surface area (Å²) in [5.41, 5.74) is 3.17. The zero-order chi connectivity index (χ0) is 15.4. The summed E-state index contributed by atoms with van der Waals surface area (Å²) in [6.45, 7) is 0. The minimum Gasteiger partial charge on any atom is -0.208 e. The number of hydrogen-bond acceptors (Lipinski definition) is 0. The van der Waals surface area contributed by atoms with Crippen LogP contribution in [0.2, 0.25) is 0 Å². The van der Waals surface area contributed by atoms with Gasteiger partial charge in [-0.1, -0.05) is 54.8 Å². The molecule has 0 atom stereocenters. The Labute approximate surface area is 133 Å². The fraction of sp³-hybridized carbons (Fsp3) is 0.300. The molecular formula is C20H18BF. The highest BCUT2D eigenvalue weighted by molar-refractivity contribution is 6.32. The molecule has 1 saturated carbocycles. The van der Waals surface area contributed by atoms with Gasteiger partial charge in [-0.2, -0.15) is 0 Å². The molecule has 1 fully saturated rings. The van der Waals surface area contributed by atoms with Gasteiger partial charge in [-0.05, 0) is 48.6 Å². The van der Waals surface area contributed by atoms with Gasteiger partial charge in [0.15, 0.2) is 0 Å². The SMILES string of the molecule is [B]c1ccc(C#Cc2ccc(C3CCCCC3)cc2)cc1F. The van der Waals surface area contributed by atoms with Crippen LogP contribution < -0.4 is 5.46 Å². The molecule has 0 nitrogen and oxygen atoms in total. The van der Waals surface area contributed by atoms with Gasteiger partial charge in [0, 0.05) is 11.1 Å². The minimum absolute atomic E-state index is 0.155. The minimum atomic E-state index is -0.417. The summed E-state index contributed by atoms with van der Waals surface area (Å²) in [6, 6.07) is 13.1. The van der Waals surface area contributed by atoms with Gasteiger partial charge in [0.1, 0.15) is 13.7 Å². The van der Waals surface area contributed by atoms with Crippen molar-refractivity contribution < 1.29 is 4.39 Å². The molecule has 0 amide bonds. The van der Waals surface area contributed by atoms with Crippen molar-refractivity contribution in [2.75, 3.05) is 0 Å². The largest absolute Gasteiger partial charge is 0.208 e. The van der Waals surface area contributed by atoms with Crippen LogP contribution in [0.3, 0.4) is 0 Å². The summed E-state index contributed by atoms with van der Waals surface area (Å²) in [6.07, 6.45) is 6.66. The highest BCUT2D eigenvalue weighted by Crippen LogP contribution is 2.32. The van der Waals surface area contributed by atoms with E-state index in [0.29, 0.717) is 11.5 Å². The molecule has 1 aliphatic carbocycles. The predicted octanol–water partition coefficient (Wildman–Crippen LogP) is 4.07. The maximum atomic E-state index is 13.4. The summed E-state index contributed by atoms with van der Waals surface area (Å²) in [5.74, 6) is 6.36. The molecule has 108 valence electrons. The van der Waals surface area contributed by atoms with E-state index in [1.807, 2.05) is 0 Å². The molecule has 2 aromatic rings. The van der Waals surface area contributed by atoms with Gasteiger partial charge < -0.3 is 0 Å². The topological polar surface area (TPSA) is 0 Å². The second-order valence-corrected chi connectivity index (χ2v) is 5.94. The first kappa shape index (κ1) is 14.9. The quantitative estimate of drug-likeness (QED) is 0.548. The number of benzene rings is 2. The molecule has 0 N–H and O–H groups in total. The van der Waals surface area contributed by atoms with Crippen molar-refractivity contribution >= 4 is 13.3 Å². The van der Waals surface area contributed by atoms with Gasteiger partial charge in [-0.15, -0.1) is 0 Å². The summed E-state index contributed by atoms with van der Waals surface area (Å²) >= 11 is 0. The average molecular weight is 288 g/mol. The standard InChI is InChI=1S/C20H18BF/c21-19-13-10-16(14-20(19)22)7-6-15-8-11-18(12-9-15)17-4-2-1-3-5-17/h8-14,17H,1-5H2. The van der Waals surface area contributed by atoms with Crippen LogP contribution in [0.4, 0.5) is 4.39 Å². The summed E-state index contributed by atoms with van der Waals surface area (Å²) in [7, 11) is 5.46. The van der Waals surface area contributed by atoms with Crippen LogP contribution in [0, 0.1) is 17.7 Å². The van der Waals surface area contributed by atoms with Crippen LogP contribution >= 0.6 is 0 Å². The van der Waals surface area contributed by atoms with Gasteiger partial charge in [-0.3, -0.25) is 0 Å². The lowest BCUT2D eigenvalue weighted by atomic mass is 9.84. The Morgan fingerprint density at radius 2 is 1.50 bits per heavy atom. The summed E-state index contributed by atoms with van der Waals surface area (Å²) < 4.78 is 13.4. The van der Waals surface area contributed by atoms with E-state index < -0.39 is 5.82 Å². The third kappa shape index (κ3) is 3.60. The van der Waals surface area contributed by atoms with E-state index in [-0.39, 0.29) is 5.46 Å². The van der Waals surface area contributed by atoms with Crippen LogP contribution in [0.5, 0.6) is 0 Å². The van der Waals surface area contributed by atoms with Crippen molar-refractivity contribution in [3.8, 4) is 11.8 Å². The normalized spacial score (nSPS) is 15.1. The first-order valence-electron chi connectivity index (χ1n) is 7.89. The zero-order valence-electron chi connectivity index (χ0n) is 12.6. The molecular weight excluding hydrogens is 270 g/mol. The Balaban J connectivity index is 1.73. The van der Waals surface area contributed by atoms with E-state index in [0.717, 1.165) is 5.56 Å². The van der Waals surface area contributed by atoms with E-state index in [2.05, 4.69) is 36.1 Å². The van der Waals surface area contributed by atoms with Gasteiger partial charge in [0.2, 0.25) is 0 Å². The lowest BCUT2D eigenvalue weighted by molar-refractivity contribution is 0.443. The first-order chi connectivity index (χ1) is 10.7. The van der Waals surface area contributed by atoms with Crippen molar-refractivity contribution in [2.45, 2.75) is 38.0 Å². The molecule has 22 heavy (non-hydrogen) atoms. The van der Waals surface area contributed by atoms with E-state index in [9.17, 15) is 4.39 Å². The van der Waals surface area contributed by atoms with Gasteiger partial charge >= 0.3 is 0 Å². The van der Waals surface area contributed by atoms with Crippen LogP contribution in [-0.2, 0) is 0 Å². The van der Waals surface area contributed by atoms with Crippen LogP contribution in [0.1, 0.15) is 54.7 Å². The smallest absolute Gasteiger partial charge is 0.117 e. The van der Waals surface area contributed by atoms with E-state index in [1.165, 1.54) is 43.7 Å². The molecule has 3 rings (SSSR count). The molecule has 2 aromatic carbocycles. The van der Waals surface area contributed by atoms with Crippen molar-refractivity contribution in [2.24, 2.45) is 0 Å². The van der Waals surface area contributed by atoms with Crippen molar-refractivity contribution in [1.82, 2.24) is 0 Å². The fourth-order valence-electron chi connectivity index (χ4n) is 3.02. The zero-order valence-corrected chi connectivity index (χ0v) is 12.6. The third-order valence-electron chi connectivity index (χ3n) is 4.34. The molecule has 0 aliphatic heterocycles. The van der Waals surface area contributed by atoms with Crippen LogP contribution in [0.25, 0.3) is 0 Å². The maximum Gasteiger partial charge on any atom is 0.117 e. The summed E-state index contributed by atoms with van der Waals surface area (Å²) in [4.78, 5) is 0. The molecule has 0 bridgehead atoms. The Morgan fingerprint density at radius 1 is 0.864 bits per heavy atom. The number of rotatable bonds is 1. The molecule has 1 aliphatic rings. The molecule has 2 heteroatoms. The molecule has 0 saturated heterocycles. The van der Waals surface area contributed by atoms with Gasteiger partial charge in [-0.25, -0.2) is 4.39 Å². The number of hydrogen-bond donors (Lipinski definition) is 0. The van der Waals surface area contributed by atoms with Crippen LogP contribution in [0.15, 0.2) is 42.5 Å². The monoisotopic (exact) mass is 288 g/mol. The molecule has 0 heterocycles. The lowest BCUT2D eigenvalue weighted by Gasteiger charge is -2.21. The molecule has 0 aromatic heterocycles. The highest BCUT2D eigenvalue weighted by atomic mass is 19.1. The maximum absolute atomic E-state index is 13.4. The lowest BCUT2D eigenvalue weighted by Crippen LogP contribution is -2.07. The van der Waals surface area contributed by atoms with E-state index in [1.54, 1.807) is 12.1 Å². The van der Waals surface area contributed by atoms with Gasteiger partial charge in [0.05, 0.1) is 0 Å². The molecule has 2 radical (unpaired) electrons. The second-order valence-electron chi connectivity index (χ2n) is 5.94. The van der Waals surface area contributed by atoms with Crippen molar-refractivity contribution in [1.29, 1.82) is 0 Å². The number of halogens is 1. The molecule has 0 unspecified atom stereocenters.